The Hall–Kier alpha value is -2.15. The van der Waals surface area contributed by atoms with E-state index in [0.29, 0.717) is 11.6 Å². The number of nitrogens with zero attached hydrogens (tertiary/aromatic N) is 1. The highest BCUT2D eigenvalue weighted by Gasteiger charge is 2.07. The molecule has 0 aliphatic carbocycles. The van der Waals surface area contributed by atoms with E-state index in [1.165, 1.54) is 30.3 Å². The van der Waals surface area contributed by atoms with Crippen LogP contribution < -0.4 is 10.3 Å². The number of hydrogen-bond donors (Lipinski definition) is 1. The Balaban J connectivity index is 2.27. The summed E-state index contributed by atoms with van der Waals surface area (Å²) >= 11 is 0. The quantitative estimate of drug-likeness (QED) is 0.914. The van der Waals surface area contributed by atoms with E-state index < -0.39 is 9.84 Å². The van der Waals surface area contributed by atoms with Gasteiger partial charge < -0.3 is 9.72 Å². The van der Waals surface area contributed by atoms with Crippen LogP contribution in [0.1, 0.15) is 5.82 Å². The van der Waals surface area contributed by atoms with Crippen molar-refractivity contribution in [2.75, 3.05) is 6.26 Å². The molecule has 0 unspecified atom stereocenters. The van der Waals surface area contributed by atoms with Crippen molar-refractivity contribution in [3.63, 3.8) is 0 Å². The normalized spacial score (nSPS) is 11.3. The SMILES string of the molecule is Cc1nc(Oc2ccc(S(C)(=O)=O)cc2)cc(=O)[nH]1. The maximum Gasteiger partial charge on any atom is 0.254 e. The zero-order chi connectivity index (χ0) is 14.0. The van der Waals surface area contributed by atoms with Gasteiger partial charge in [-0.05, 0) is 31.2 Å². The van der Waals surface area contributed by atoms with Gasteiger partial charge in [0.25, 0.3) is 5.56 Å². The Bertz CT molecular complexity index is 748. The standard InChI is InChI=1S/C12H12N2O4S/c1-8-13-11(15)7-12(14-8)18-9-3-5-10(6-4-9)19(2,16)17/h3-7H,1-2H3,(H,13,14,15). The predicted molar refractivity (Wildman–Crippen MR) is 69.2 cm³/mol. The van der Waals surface area contributed by atoms with Gasteiger partial charge in [-0.3, -0.25) is 4.79 Å². The van der Waals surface area contributed by atoms with Crippen molar-refractivity contribution in [2.45, 2.75) is 11.8 Å². The van der Waals surface area contributed by atoms with E-state index >= 15 is 0 Å². The fraction of sp³-hybridized carbons (Fsp3) is 0.167. The van der Waals surface area contributed by atoms with Gasteiger partial charge in [-0.2, -0.15) is 0 Å². The summed E-state index contributed by atoms with van der Waals surface area (Å²) in [7, 11) is -3.23. The highest BCUT2D eigenvalue weighted by molar-refractivity contribution is 7.90. The van der Waals surface area contributed by atoms with Crippen LogP contribution in [-0.2, 0) is 9.84 Å². The number of aryl methyl sites for hydroxylation is 1. The van der Waals surface area contributed by atoms with E-state index in [9.17, 15) is 13.2 Å². The first-order chi connectivity index (χ1) is 8.84. The van der Waals surface area contributed by atoms with Crippen molar-refractivity contribution in [1.82, 2.24) is 9.97 Å². The molecule has 1 N–H and O–H groups in total. The van der Waals surface area contributed by atoms with Crippen molar-refractivity contribution in [2.24, 2.45) is 0 Å². The molecule has 7 heteroatoms. The van der Waals surface area contributed by atoms with Crippen LogP contribution in [0, 0.1) is 6.92 Å². The summed E-state index contributed by atoms with van der Waals surface area (Å²) in [6, 6.07) is 7.11. The third-order valence-electron chi connectivity index (χ3n) is 2.31. The van der Waals surface area contributed by atoms with Crippen LogP contribution in [0.3, 0.4) is 0 Å². The molecule has 2 aromatic rings. The second-order valence-corrected chi connectivity index (χ2v) is 6.03. The van der Waals surface area contributed by atoms with Crippen molar-refractivity contribution < 1.29 is 13.2 Å². The van der Waals surface area contributed by atoms with Gasteiger partial charge in [0.2, 0.25) is 5.88 Å². The Morgan fingerprint density at radius 3 is 2.37 bits per heavy atom. The van der Waals surface area contributed by atoms with Crippen LogP contribution in [0.5, 0.6) is 11.6 Å². The summed E-state index contributed by atoms with van der Waals surface area (Å²) in [6.45, 7) is 1.64. The van der Waals surface area contributed by atoms with Gasteiger partial charge >= 0.3 is 0 Å². The van der Waals surface area contributed by atoms with Gasteiger partial charge in [0, 0.05) is 6.26 Å². The molecule has 0 aliphatic rings. The molecule has 100 valence electrons. The molecular weight excluding hydrogens is 268 g/mol. The van der Waals surface area contributed by atoms with Crippen LogP contribution in [0.4, 0.5) is 0 Å². The van der Waals surface area contributed by atoms with E-state index in [1.807, 2.05) is 0 Å². The molecule has 1 heterocycles. The first-order valence-corrected chi connectivity index (χ1v) is 7.30. The molecule has 0 aliphatic heterocycles. The number of benzene rings is 1. The molecule has 1 aromatic heterocycles. The monoisotopic (exact) mass is 280 g/mol. The molecule has 0 saturated carbocycles. The van der Waals surface area contributed by atoms with Crippen LogP contribution in [0.2, 0.25) is 0 Å². The van der Waals surface area contributed by atoms with Crippen LogP contribution in [-0.4, -0.2) is 24.6 Å². The number of nitrogens with one attached hydrogen (secondary N) is 1. The lowest BCUT2D eigenvalue weighted by Gasteiger charge is -2.05. The molecule has 2 rings (SSSR count). The van der Waals surface area contributed by atoms with Crippen LogP contribution in [0.15, 0.2) is 40.0 Å². The molecule has 6 nitrogen and oxygen atoms in total. The molecule has 0 bridgehead atoms. The number of hydrogen-bond acceptors (Lipinski definition) is 5. The molecule has 0 atom stereocenters. The van der Waals surface area contributed by atoms with E-state index in [2.05, 4.69) is 9.97 Å². The lowest BCUT2D eigenvalue weighted by molar-refractivity contribution is 0.458. The molecule has 0 fully saturated rings. The number of aromatic amines is 1. The van der Waals surface area contributed by atoms with Crippen LogP contribution >= 0.6 is 0 Å². The van der Waals surface area contributed by atoms with Crippen molar-refractivity contribution in [3.8, 4) is 11.6 Å². The minimum atomic E-state index is -3.23. The molecule has 1 aromatic carbocycles. The molecule has 0 saturated heterocycles. The fourth-order valence-electron chi connectivity index (χ4n) is 1.48. The second-order valence-electron chi connectivity index (χ2n) is 4.01. The lowest BCUT2D eigenvalue weighted by atomic mass is 10.3. The fourth-order valence-corrected chi connectivity index (χ4v) is 2.11. The summed E-state index contributed by atoms with van der Waals surface area (Å²) in [5, 5.41) is 0. The highest BCUT2D eigenvalue weighted by Crippen LogP contribution is 2.20. The number of rotatable bonds is 3. The van der Waals surface area contributed by atoms with Gasteiger partial charge in [0.1, 0.15) is 11.6 Å². The average molecular weight is 280 g/mol. The third kappa shape index (κ3) is 3.41. The van der Waals surface area contributed by atoms with Crippen molar-refractivity contribution in [3.05, 3.63) is 46.5 Å². The first kappa shape index (κ1) is 13.3. The highest BCUT2D eigenvalue weighted by atomic mass is 32.2. The number of H-pyrrole nitrogens is 1. The van der Waals surface area contributed by atoms with E-state index in [1.54, 1.807) is 6.92 Å². The number of aromatic nitrogens is 2. The summed E-state index contributed by atoms with van der Waals surface area (Å²) in [5.41, 5.74) is -0.310. The molecule has 0 radical (unpaired) electrons. The molecular formula is C12H12N2O4S. The minimum Gasteiger partial charge on any atom is -0.439 e. The van der Waals surface area contributed by atoms with Crippen molar-refractivity contribution >= 4 is 9.84 Å². The maximum absolute atomic E-state index is 11.3. The Morgan fingerprint density at radius 1 is 1.21 bits per heavy atom. The van der Waals surface area contributed by atoms with Gasteiger partial charge in [-0.1, -0.05) is 0 Å². The zero-order valence-corrected chi connectivity index (χ0v) is 11.2. The minimum absolute atomic E-state index is 0.161. The number of ether oxygens (including phenoxy) is 1. The average Bonchev–Trinajstić information content (AvgIpc) is 2.26. The predicted octanol–water partition coefficient (Wildman–Crippen LogP) is 1.27. The van der Waals surface area contributed by atoms with Gasteiger partial charge in [0.15, 0.2) is 9.84 Å². The summed E-state index contributed by atoms with van der Waals surface area (Å²) < 4.78 is 28.0. The van der Waals surface area contributed by atoms with E-state index in [-0.39, 0.29) is 16.3 Å². The maximum atomic E-state index is 11.3. The Labute approximate surface area is 110 Å². The van der Waals surface area contributed by atoms with E-state index in [0.717, 1.165) is 6.26 Å². The van der Waals surface area contributed by atoms with Crippen LogP contribution in [0.25, 0.3) is 0 Å². The molecule has 0 spiro atoms. The Kier molecular flexibility index (Phi) is 3.39. The van der Waals surface area contributed by atoms with E-state index in [4.69, 9.17) is 4.74 Å². The van der Waals surface area contributed by atoms with Gasteiger partial charge in [-0.15, -0.1) is 0 Å². The molecule has 0 amide bonds. The Morgan fingerprint density at radius 2 is 1.84 bits per heavy atom. The largest absolute Gasteiger partial charge is 0.439 e. The second kappa shape index (κ2) is 4.85. The molecule has 19 heavy (non-hydrogen) atoms. The summed E-state index contributed by atoms with van der Waals surface area (Å²) in [5.74, 6) is 1.01. The number of sulfone groups is 1. The summed E-state index contributed by atoms with van der Waals surface area (Å²) in [6.07, 6.45) is 1.13. The smallest absolute Gasteiger partial charge is 0.254 e. The lowest BCUT2D eigenvalue weighted by Crippen LogP contribution is -2.08. The van der Waals surface area contributed by atoms with Gasteiger partial charge in [0.05, 0.1) is 11.0 Å². The zero-order valence-electron chi connectivity index (χ0n) is 10.4. The first-order valence-electron chi connectivity index (χ1n) is 5.40. The van der Waals surface area contributed by atoms with Crippen molar-refractivity contribution in [1.29, 1.82) is 0 Å². The topological polar surface area (TPSA) is 89.1 Å². The summed E-state index contributed by atoms with van der Waals surface area (Å²) in [4.78, 5) is 17.9. The van der Waals surface area contributed by atoms with Gasteiger partial charge in [-0.25, -0.2) is 13.4 Å². The third-order valence-corrected chi connectivity index (χ3v) is 3.44.